The summed E-state index contributed by atoms with van der Waals surface area (Å²) in [6.45, 7) is 1.31. The molecule has 2 fully saturated rings. The average Bonchev–Trinajstić information content (AvgIpc) is 2.46. The zero-order chi connectivity index (χ0) is 13.2. The first-order valence-corrected chi connectivity index (χ1v) is 7.32. The van der Waals surface area contributed by atoms with Gasteiger partial charge in [0.2, 0.25) is 0 Å². The minimum absolute atomic E-state index is 0.0470. The highest BCUT2D eigenvalue weighted by Gasteiger charge is 2.37. The summed E-state index contributed by atoms with van der Waals surface area (Å²) in [6, 6.07) is 7.51. The number of nitrogens with zero attached hydrogens (tertiary/aromatic N) is 1. The Morgan fingerprint density at radius 2 is 2.05 bits per heavy atom. The van der Waals surface area contributed by atoms with E-state index in [1.807, 2.05) is 17.0 Å². The number of halogens is 1. The number of carbonyl (C=O) groups excluding carboxylic acids is 1. The van der Waals surface area contributed by atoms with E-state index >= 15 is 0 Å². The van der Waals surface area contributed by atoms with Crippen molar-refractivity contribution in [2.24, 2.45) is 0 Å². The summed E-state index contributed by atoms with van der Waals surface area (Å²) in [7, 11) is 0. The van der Waals surface area contributed by atoms with E-state index in [0.717, 1.165) is 12.8 Å². The molecular weight excluding hydrogens is 262 g/mol. The topological polar surface area (TPSA) is 29.5 Å². The fourth-order valence-corrected chi connectivity index (χ4v) is 3.35. The van der Waals surface area contributed by atoms with Gasteiger partial charge in [0, 0.05) is 6.54 Å². The number of morpholine rings is 1. The molecule has 3 rings (SSSR count). The molecule has 1 heterocycles. The molecule has 1 aromatic rings. The number of ether oxygens (including phenoxy) is 1. The van der Waals surface area contributed by atoms with Gasteiger partial charge in [0.15, 0.2) is 0 Å². The highest BCUT2D eigenvalue weighted by Crippen LogP contribution is 2.30. The molecule has 4 heteroatoms. The Balaban J connectivity index is 1.84. The Bertz CT molecular complexity index is 475. The fourth-order valence-electron chi connectivity index (χ4n) is 3.14. The van der Waals surface area contributed by atoms with Gasteiger partial charge in [-0.25, -0.2) is 0 Å². The van der Waals surface area contributed by atoms with Crippen LogP contribution in [0.15, 0.2) is 24.3 Å². The van der Waals surface area contributed by atoms with Crippen LogP contribution in [0.2, 0.25) is 5.02 Å². The summed E-state index contributed by atoms with van der Waals surface area (Å²) in [6.07, 6.45) is 4.71. The van der Waals surface area contributed by atoms with Gasteiger partial charge in [0.1, 0.15) is 0 Å². The van der Waals surface area contributed by atoms with Crippen molar-refractivity contribution in [1.82, 2.24) is 4.90 Å². The maximum Gasteiger partial charge on any atom is 0.255 e. The number of hydrogen-bond donors (Lipinski definition) is 0. The summed E-state index contributed by atoms with van der Waals surface area (Å²) >= 11 is 6.13. The lowest BCUT2D eigenvalue weighted by atomic mass is 9.89. The van der Waals surface area contributed by atoms with Crippen molar-refractivity contribution in [2.75, 3.05) is 13.2 Å². The van der Waals surface area contributed by atoms with E-state index in [-0.39, 0.29) is 18.1 Å². The molecule has 1 amide bonds. The molecular formula is C15H18ClNO2. The molecule has 1 aliphatic heterocycles. The third-order valence-corrected chi connectivity index (χ3v) is 4.43. The quantitative estimate of drug-likeness (QED) is 0.790. The standard InChI is InChI=1S/C15H18ClNO2/c16-12-6-2-1-5-11(12)15(18)17-9-10-19-14-8-4-3-7-13(14)17/h1-2,5-6,13-14H,3-4,7-10H2/t13-,14+/m1/s1. The van der Waals surface area contributed by atoms with Crippen LogP contribution in [0, 0.1) is 0 Å². The molecule has 0 radical (unpaired) electrons. The molecule has 1 saturated carbocycles. The van der Waals surface area contributed by atoms with E-state index < -0.39 is 0 Å². The first kappa shape index (κ1) is 12.9. The van der Waals surface area contributed by atoms with E-state index in [2.05, 4.69) is 0 Å². The number of rotatable bonds is 1. The van der Waals surface area contributed by atoms with Crippen LogP contribution in [0.25, 0.3) is 0 Å². The van der Waals surface area contributed by atoms with Crippen LogP contribution in [-0.2, 0) is 4.74 Å². The molecule has 3 nitrogen and oxygen atoms in total. The average molecular weight is 280 g/mol. The van der Waals surface area contributed by atoms with Crippen molar-refractivity contribution in [2.45, 2.75) is 37.8 Å². The zero-order valence-electron chi connectivity index (χ0n) is 10.8. The van der Waals surface area contributed by atoms with Gasteiger partial charge in [0.05, 0.1) is 29.3 Å². The predicted octanol–water partition coefficient (Wildman–Crippen LogP) is 3.12. The van der Waals surface area contributed by atoms with Crippen molar-refractivity contribution in [3.8, 4) is 0 Å². The second kappa shape index (κ2) is 5.51. The third-order valence-electron chi connectivity index (χ3n) is 4.10. The lowest BCUT2D eigenvalue weighted by Crippen LogP contribution is -2.54. The number of hydrogen-bond acceptors (Lipinski definition) is 2. The highest BCUT2D eigenvalue weighted by atomic mass is 35.5. The monoisotopic (exact) mass is 279 g/mol. The Labute approximate surface area is 118 Å². The number of benzene rings is 1. The van der Waals surface area contributed by atoms with E-state index in [4.69, 9.17) is 16.3 Å². The lowest BCUT2D eigenvalue weighted by molar-refractivity contribution is -0.0752. The molecule has 1 aromatic carbocycles. The molecule has 19 heavy (non-hydrogen) atoms. The van der Waals surface area contributed by atoms with Crippen LogP contribution in [0.5, 0.6) is 0 Å². The first-order chi connectivity index (χ1) is 9.27. The maximum absolute atomic E-state index is 12.7. The van der Waals surface area contributed by atoms with Crippen LogP contribution in [0.1, 0.15) is 36.0 Å². The van der Waals surface area contributed by atoms with Gasteiger partial charge in [0.25, 0.3) is 5.91 Å². The number of fused-ring (bicyclic) bond motifs is 1. The van der Waals surface area contributed by atoms with Crippen molar-refractivity contribution in [3.63, 3.8) is 0 Å². The summed E-state index contributed by atoms with van der Waals surface area (Å²) in [4.78, 5) is 14.6. The van der Waals surface area contributed by atoms with Gasteiger partial charge >= 0.3 is 0 Å². The second-order valence-electron chi connectivity index (χ2n) is 5.24. The Hall–Kier alpha value is -1.06. The van der Waals surface area contributed by atoms with Gasteiger partial charge in [-0.2, -0.15) is 0 Å². The van der Waals surface area contributed by atoms with Gasteiger partial charge in [-0.3, -0.25) is 4.79 Å². The Kier molecular flexibility index (Phi) is 3.76. The van der Waals surface area contributed by atoms with Crippen LogP contribution in [0.3, 0.4) is 0 Å². The van der Waals surface area contributed by atoms with Crippen LogP contribution < -0.4 is 0 Å². The van der Waals surface area contributed by atoms with E-state index in [1.165, 1.54) is 12.8 Å². The smallest absolute Gasteiger partial charge is 0.255 e. The molecule has 1 aliphatic carbocycles. The molecule has 102 valence electrons. The minimum Gasteiger partial charge on any atom is -0.374 e. The predicted molar refractivity (Wildman–Crippen MR) is 74.5 cm³/mol. The highest BCUT2D eigenvalue weighted by molar-refractivity contribution is 6.33. The molecule has 0 bridgehead atoms. The van der Waals surface area contributed by atoms with Gasteiger partial charge in [-0.05, 0) is 25.0 Å². The molecule has 0 N–H and O–H groups in total. The maximum atomic E-state index is 12.7. The normalized spacial score (nSPS) is 26.9. The summed E-state index contributed by atoms with van der Waals surface area (Å²) in [5, 5.41) is 0.534. The molecule has 0 unspecified atom stereocenters. The zero-order valence-corrected chi connectivity index (χ0v) is 11.6. The van der Waals surface area contributed by atoms with Crippen LogP contribution in [0.4, 0.5) is 0 Å². The van der Waals surface area contributed by atoms with Crippen molar-refractivity contribution in [1.29, 1.82) is 0 Å². The number of amides is 1. The number of carbonyl (C=O) groups is 1. The lowest BCUT2D eigenvalue weighted by Gasteiger charge is -2.43. The summed E-state index contributed by atoms with van der Waals surface area (Å²) in [5.41, 5.74) is 0.607. The van der Waals surface area contributed by atoms with Crippen LogP contribution in [-0.4, -0.2) is 36.1 Å². The Morgan fingerprint density at radius 1 is 1.26 bits per heavy atom. The molecule has 1 saturated heterocycles. The van der Waals surface area contributed by atoms with Crippen molar-refractivity contribution < 1.29 is 9.53 Å². The van der Waals surface area contributed by atoms with Gasteiger partial charge in [-0.15, -0.1) is 0 Å². The SMILES string of the molecule is O=C(c1ccccc1Cl)N1CCO[C@H]2CCCC[C@H]21. The van der Waals surface area contributed by atoms with Crippen LogP contribution >= 0.6 is 11.6 Å². The molecule has 0 spiro atoms. The molecule has 2 atom stereocenters. The molecule has 2 aliphatic rings. The van der Waals surface area contributed by atoms with Gasteiger partial charge < -0.3 is 9.64 Å². The van der Waals surface area contributed by atoms with E-state index in [9.17, 15) is 4.79 Å². The minimum atomic E-state index is 0.0470. The largest absolute Gasteiger partial charge is 0.374 e. The van der Waals surface area contributed by atoms with E-state index in [0.29, 0.717) is 23.7 Å². The Morgan fingerprint density at radius 3 is 2.89 bits per heavy atom. The summed E-state index contributed by atoms with van der Waals surface area (Å²) in [5.74, 6) is 0.0470. The van der Waals surface area contributed by atoms with Gasteiger partial charge in [-0.1, -0.05) is 36.6 Å². The second-order valence-corrected chi connectivity index (χ2v) is 5.65. The van der Waals surface area contributed by atoms with E-state index in [1.54, 1.807) is 12.1 Å². The van der Waals surface area contributed by atoms with Crippen molar-refractivity contribution in [3.05, 3.63) is 34.9 Å². The summed E-state index contributed by atoms with van der Waals surface area (Å²) < 4.78 is 5.80. The fraction of sp³-hybridized carbons (Fsp3) is 0.533. The third kappa shape index (κ3) is 2.49. The first-order valence-electron chi connectivity index (χ1n) is 6.94. The van der Waals surface area contributed by atoms with Crippen molar-refractivity contribution >= 4 is 17.5 Å². The molecule has 0 aromatic heterocycles.